The Morgan fingerprint density at radius 3 is 2.71 bits per heavy atom. The van der Waals surface area contributed by atoms with E-state index >= 15 is 0 Å². The van der Waals surface area contributed by atoms with Gasteiger partial charge in [0.2, 0.25) is 0 Å². The molecule has 1 atom stereocenters. The van der Waals surface area contributed by atoms with Crippen LogP contribution in [0.3, 0.4) is 0 Å². The monoisotopic (exact) mass is 294 g/mol. The molecule has 2 heterocycles. The average Bonchev–Trinajstić information content (AvgIpc) is 2.70. The number of furan rings is 1. The first-order valence-electron chi connectivity index (χ1n) is 7.84. The fraction of sp³-hybridized carbons (Fsp3) is 0.765. The second kappa shape index (κ2) is 6.11. The molecule has 0 aliphatic carbocycles. The van der Waals surface area contributed by atoms with Gasteiger partial charge in [-0.3, -0.25) is 4.90 Å². The number of rotatable bonds is 4. The number of ether oxygens (including phenoxy) is 1. The lowest BCUT2D eigenvalue weighted by atomic mass is 10.1. The molecule has 4 nitrogen and oxygen atoms in total. The van der Waals surface area contributed by atoms with Crippen molar-refractivity contribution in [3.8, 4) is 0 Å². The predicted molar refractivity (Wildman–Crippen MR) is 85.2 cm³/mol. The third-order valence-electron chi connectivity index (χ3n) is 3.55. The highest BCUT2D eigenvalue weighted by atomic mass is 16.5. The van der Waals surface area contributed by atoms with Crippen molar-refractivity contribution < 1.29 is 9.15 Å². The predicted octanol–water partition coefficient (Wildman–Crippen LogP) is 3.17. The van der Waals surface area contributed by atoms with Crippen LogP contribution >= 0.6 is 0 Å². The van der Waals surface area contributed by atoms with Crippen molar-refractivity contribution in [2.75, 3.05) is 13.1 Å². The zero-order valence-corrected chi connectivity index (χ0v) is 14.3. The van der Waals surface area contributed by atoms with E-state index in [1.807, 2.05) is 6.26 Å². The normalized spacial score (nSPS) is 23.4. The summed E-state index contributed by atoms with van der Waals surface area (Å²) in [7, 11) is 0. The minimum absolute atomic E-state index is 0.0825. The molecule has 1 saturated heterocycles. The fourth-order valence-electron chi connectivity index (χ4n) is 2.90. The standard InChI is InChI=1S/C17H30N2O2/c1-13-9-19(12-17(5,6)21-13)10-15-7-14(11-20-15)8-18-16(2,3)4/h7,11,13,18H,8-10,12H2,1-6H3. The molecular formula is C17H30N2O2. The molecule has 1 unspecified atom stereocenters. The van der Waals surface area contributed by atoms with E-state index in [0.717, 1.165) is 31.9 Å². The summed E-state index contributed by atoms with van der Waals surface area (Å²) in [6, 6.07) is 2.16. The Morgan fingerprint density at radius 2 is 2.10 bits per heavy atom. The van der Waals surface area contributed by atoms with E-state index in [1.165, 1.54) is 5.56 Å². The van der Waals surface area contributed by atoms with Crippen LogP contribution in [0, 0.1) is 0 Å². The summed E-state index contributed by atoms with van der Waals surface area (Å²) in [5.41, 5.74) is 1.25. The lowest BCUT2D eigenvalue weighted by Gasteiger charge is -2.41. The third kappa shape index (κ3) is 5.46. The van der Waals surface area contributed by atoms with Gasteiger partial charge < -0.3 is 14.5 Å². The topological polar surface area (TPSA) is 37.6 Å². The number of morpholine rings is 1. The Kier molecular flexibility index (Phi) is 4.81. The minimum Gasteiger partial charge on any atom is -0.468 e. The molecule has 4 heteroatoms. The first kappa shape index (κ1) is 16.5. The van der Waals surface area contributed by atoms with E-state index in [2.05, 4.69) is 57.8 Å². The van der Waals surface area contributed by atoms with Crippen molar-refractivity contribution in [2.24, 2.45) is 0 Å². The van der Waals surface area contributed by atoms with Crippen LogP contribution < -0.4 is 5.32 Å². The van der Waals surface area contributed by atoms with Gasteiger partial charge in [0.1, 0.15) is 5.76 Å². The molecule has 1 aliphatic rings. The molecule has 2 rings (SSSR count). The van der Waals surface area contributed by atoms with Crippen LogP contribution in [0.4, 0.5) is 0 Å². The van der Waals surface area contributed by atoms with Crippen molar-refractivity contribution in [1.29, 1.82) is 0 Å². The van der Waals surface area contributed by atoms with Gasteiger partial charge in [-0.1, -0.05) is 0 Å². The van der Waals surface area contributed by atoms with Crippen LogP contribution in [0.1, 0.15) is 52.9 Å². The van der Waals surface area contributed by atoms with Crippen LogP contribution in [-0.2, 0) is 17.8 Å². The zero-order valence-electron chi connectivity index (χ0n) is 14.3. The van der Waals surface area contributed by atoms with Gasteiger partial charge in [-0.25, -0.2) is 0 Å². The second-order valence-corrected chi connectivity index (χ2v) is 7.88. The minimum atomic E-state index is -0.0825. The molecule has 1 aromatic heterocycles. The van der Waals surface area contributed by atoms with Gasteiger partial charge in [0.15, 0.2) is 0 Å². The molecule has 0 aromatic carbocycles. The van der Waals surface area contributed by atoms with Crippen LogP contribution in [-0.4, -0.2) is 35.2 Å². The van der Waals surface area contributed by atoms with E-state index < -0.39 is 0 Å². The first-order valence-corrected chi connectivity index (χ1v) is 7.84. The molecular weight excluding hydrogens is 264 g/mol. The maximum absolute atomic E-state index is 5.94. The molecule has 0 spiro atoms. The summed E-state index contributed by atoms with van der Waals surface area (Å²) in [4.78, 5) is 2.41. The van der Waals surface area contributed by atoms with Crippen LogP contribution in [0.25, 0.3) is 0 Å². The largest absolute Gasteiger partial charge is 0.468 e. The summed E-state index contributed by atoms with van der Waals surface area (Å²) in [5, 5.41) is 3.48. The molecule has 120 valence electrons. The molecule has 0 amide bonds. The van der Waals surface area contributed by atoms with Crippen LogP contribution in [0.2, 0.25) is 0 Å². The van der Waals surface area contributed by atoms with Crippen molar-refractivity contribution in [3.63, 3.8) is 0 Å². The quantitative estimate of drug-likeness (QED) is 0.925. The van der Waals surface area contributed by atoms with E-state index in [-0.39, 0.29) is 17.2 Å². The van der Waals surface area contributed by atoms with Gasteiger partial charge in [0.25, 0.3) is 0 Å². The Morgan fingerprint density at radius 1 is 1.38 bits per heavy atom. The van der Waals surface area contributed by atoms with Gasteiger partial charge >= 0.3 is 0 Å². The number of nitrogens with one attached hydrogen (secondary N) is 1. The van der Waals surface area contributed by atoms with Gasteiger partial charge in [-0.05, 0) is 47.6 Å². The summed E-state index contributed by atoms with van der Waals surface area (Å²) in [5.74, 6) is 1.03. The first-order chi connectivity index (χ1) is 9.63. The van der Waals surface area contributed by atoms with E-state index in [9.17, 15) is 0 Å². The maximum Gasteiger partial charge on any atom is 0.118 e. The highest BCUT2D eigenvalue weighted by Gasteiger charge is 2.31. The lowest BCUT2D eigenvalue weighted by Crippen LogP contribution is -2.51. The second-order valence-electron chi connectivity index (χ2n) is 7.88. The van der Waals surface area contributed by atoms with Gasteiger partial charge in [-0.2, -0.15) is 0 Å². The van der Waals surface area contributed by atoms with Crippen molar-refractivity contribution in [1.82, 2.24) is 10.2 Å². The molecule has 1 N–H and O–H groups in total. The van der Waals surface area contributed by atoms with Crippen molar-refractivity contribution in [3.05, 3.63) is 23.7 Å². The zero-order chi connectivity index (χ0) is 15.7. The molecule has 1 aliphatic heterocycles. The van der Waals surface area contributed by atoms with Gasteiger partial charge in [-0.15, -0.1) is 0 Å². The Balaban J connectivity index is 1.90. The number of nitrogens with zero attached hydrogens (tertiary/aromatic N) is 1. The molecule has 1 aromatic rings. The van der Waals surface area contributed by atoms with Crippen molar-refractivity contribution >= 4 is 0 Å². The van der Waals surface area contributed by atoms with E-state index in [0.29, 0.717) is 0 Å². The van der Waals surface area contributed by atoms with Gasteiger partial charge in [0.05, 0.1) is 24.5 Å². The summed E-state index contributed by atoms with van der Waals surface area (Å²) in [6.45, 7) is 16.5. The molecule has 0 radical (unpaired) electrons. The Bertz CT molecular complexity index is 460. The summed E-state index contributed by atoms with van der Waals surface area (Å²) >= 11 is 0. The summed E-state index contributed by atoms with van der Waals surface area (Å²) < 4.78 is 11.7. The van der Waals surface area contributed by atoms with Crippen LogP contribution in [0.5, 0.6) is 0 Å². The molecule has 21 heavy (non-hydrogen) atoms. The highest BCUT2D eigenvalue weighted by molar-refractivity contribution is 5.13. The van der Waals surface area contributed by atoms with E-state index in [4.69, 9.17) is 9.15 Å². The average molecular weight is 294 g/mol. The summed E-state index contributed by atoms with van der Waals surface area (Å²) in [6.07, 6.45) is 2.13. The van der Waals surface area contributed by atoms with E-state index in [1.54, 1.807) is 0 Å². The number of hydrogen-bond acceptors (Lipinski definition) is 4. The molecule has 1 fully saturated rings. The Labute approximate surface area is 128 Å². The molecule has 0 bridgehead atoms. The lowest BCUT2D eigenvalue weighted by molar-refractivity contribution is -0.131. The molecule has 0 saturated carbocycles. The number of hydrogen-bond donors (Lipinski definition) is 1. The van der Waals surface area contributed by atoms with Crippen molar-refractivity contribution in [2.45, 2.75) is 71.9 Å². The van der Waals surface area contributed by atoms with Crippen LogP contribution in [0.15, 0.2) is 16.7 Å². The third-order valence-corrected chi connectivity index (χ3v) is 3.55. The smallest absolute Gasteiger partial charge is 0.118 e. The Hall–Kier alpha value is -0.840. The highest BCUT2D eigenvalue weighted by Crippen LogP contribution is 2.22. The maximum atomic E-state index is 5.94. The fourth-order valence-corrected chi connectivity index (χ4v) is 2.90. The van der Waals surface area contributed by atoms with Gasteiger partial charge in [0, 0.05) is 30.7 Å². The SMILES string of the molecule is CC1CN(Cc2cc(CNC(C)(C)C)co2)CC(C)(C)O1.